The first-order valence-corrected chi connectivity index (χ1v) is 9.08. The van der Waals surface area contributed by atoms with Crippen LogP contribution in [0, 0.1) is 5.82 Å². The number of fused-ring (bicyclic) bond motifs is 2. The minimum Gasteiger partial charge on any atom is -0.436 e. The number of hydrogen-bond donors (Lipinski definition) is 1. The van der Waals surface area contributed by atoms with Gasteiger partial charge in [0, 0.05) is 16.6 Å². The lowest BCUT2D eigenvalue weighted by atomic mass is 10.1. The van der Waals surface area contributed by atoms with Crippen LogP contribution in [-0.2, 0) is 0 Å². The molecule has 0 aliphatic rings. The molecule has 0 spiro atoms. The molecule has 1 N–H and O–H groups in total. The van der Waals surface area contributed by atoms with E-state index in [0.717, 1.165) is 0 Å². The molecular weight excluding hydrogens is 387 g/mol. The number of nitrogens with zero attached hydrogens (tertiary/aromatic N) is 1. The first-order valence-electron chi connectivity index (χ1n) is 9.08. The number of carbonyl (C=O) groups is 1. The van der Waals surface area contributed by atoms with E-state index >= 15 is 0 Å². The number of benzene rings is 3. The minimum absolute atomic E-state index is 0.0963. The molecule has 30 heavy (non-hydrogen) atoms. The smallest absolute Gasteiger partial charge is 0.349 e. The van der Waals surface area contributed by atoms with Gasteiger partial charge in [-0.3, -0.25) is 4.79 Å². The van der Waals surface area contributed by atoms with Crippen LogP contribution >= 0.6 is 0 Å². The van der Waals surface area contributed by atoms with Crippen LogP contribution in [-0.4, -0.2) is 10.9 Å². The highest BCUT2D eigenvalue weighted by Crippen LogP contribution is 2.26. The highest BCUT2D eigenvalue weighted by Gasteiger charge is 2.15. The fourth-order valence-corrected chi connectivity index (χ4v) is 3.14. The van der Waals surface area contributed by atoms with Gasteiger partial charge in [0.25, 0.3) is 5.91 Å². The molecule has 0 saturated heterocycles. The lowest BCUT2D eigenvalue weighted by Gasteiger charge is -2.05. The average Bonchev–Trinajstić information content (AvgIpc) is 3.17. The summed E-state index contributed by atoms with van der Waals surface area (Å²) >= 11 is 0. The van der Waals surface area contributed by atoms with Crippen molar-refractivity contribution in [3.8, 4) is 11.5 Å². The van der Waals surface area contributed by atoms with Gasteiger partial charge in [-0.15, -0.1) is 0 Å². The summed E-state index contributed by atoms with van der Waals surface area (Å²) in [6.07, 6.45) is 0. The maximum Gasteiger partial charge on any atom is 0.349 e. The van der Waals surface area contributed by atoms with Crippen molar-refractivity contribution in [2.75, 3.05) is 5.32 Å². The van der Waals surface area contributed by atoms with Crippen LogP contribution in [0.3, 0.4) is 0 Å². The second-order valence-electron chi connectivity index (χ2n) is 6.65. The maximum atomic E-state index is 13.1. The molecule has 146 valence electrons. The predicted octanol–water partition coefficient (Wildman–Crippen LogP) is 4.99. The number of anilines is 1. The largest absolute Gasteiger partial charge is 0.436 e. The van der Waals surface area contributed by atoms with Crippen LogP contribution < -0.4 is 10.9 Å². The molecule has 0 fully saturated rings. The molecule has 0 saturated carbocycles. The number of carbonyl (C=O) groups excluding carboxylic acids is 1. The quantitative estimate of drug-likeness (QED) is 0.431. The highest BCUT2D eigenvalue weighted by atomic mass is 19.1. The second kappa shape index (κ2) is 6.97. The van der Waals surface area contributed by atoms with Crippen molar-refractivity contribution in [2.45, 2.75) is 0 Å². The van der Waals surface area contributed by atoms with E-state index in [1.807, 2.05) is 0 Å². The van der Waals surface area contributed by atoms with Crippen LogP contribution in [0.1, 0.15) is 10.4 Å². The Morgan fingerprint density at radius 2 is 1.70 bits per heavy atom. The molecule has 0 radical (unpaired) electrons. The molecule has 6 nitrogen and oxygen atoms in total. The molecule has 0 bridgehead atoms. The summed E-state index contributed by atoms with van der Waals surface area (Å²) in [5.41, 5.74) is 1.70. The average molecular weight is 400 g/mol. The number of oxazole rings is 1. The molecule has 0 atom stereocenters. The van der Waals surface area contributed by atoms with Gasteiger partial charge in [0.05, 0.1) is 0 Å². The lowest BCUT2D eigenvalue weighted by molar-refractivity contribution is 0.102. The number of halogens is 1. The van der Waals surface area contributed by atoms with Crippen molar-refractivity contribution in [3.05, 3.63) is 94.6 Å². The third kappa shape index (κ3) is 3.22. The number of hydrogen-bond acceptors (Lipinski definition) is 5. The van der Waals surface area contributed by atoms with Gasteiger partial charge >= 0.3 is 5.63 Å². The number of amides is 1. The molecule has 7 heteroatoms. The zero-order chi connectivity index (χ0) is 20.7. The van der Waals surface area contributed by atoms with Crippen LogP contribution in [0.15, 0.2) is 86.4 Å². The fourth-order valence-electron chi connectivity index (χ4n) is 3.14. The third-order valence-corrected chi connectivity index (χ3v) is 4.62. The minimum atomic E-state index is -0.715. The van der Waals surface area contributed by atoms with Crippen molar-refractivity contribution in [3.63, 3.8) is 0 Å². The van der Waals surface area contributed by atoms with E-state index in [0.29, 0.717) is 39.2 Å². The normalized spacial score (nSPS) is 11.1. The highest BCUT2D eigenvalue weighted by molar-refractivity contribution is 6.06. The molecule has 1 amide bonds. The SMILES string of the molecule is O=C(Nc1ccc2oc(-c3ccc(F)cc3)nc2c1)c1cc2ccccc2oc1=O. The van der Waals surface area contributed by atoms with E-state index in [2.05, 4.69) is 10.3 Å². The number of nitrogens with one attached hydrogen (secondary N) is 1. The Labute approximate surface area is 168 Å². The zero-order valence-electron chi connectivity index (χ0n) is 15.4. The van der Waals surface area contributed by atoms with Crippen molar-refractivity contribution in [1.29, 1.82) is 0 Å². The van der Waals surface area contributed by atoms with E-state index < -0.39 is 11.5 Å². The zero-order valence-corrected chi connectivity index (χ0v) is 15.4. The molecule has 3 aromatic carbocycles. The summed E-state index contributed by atoms with van der Waals surface area (Å²) in [4.78, 5) is 29.2. The van der Waals surface area contributed by atoms with Gasteiger partial charge in [-0.25, -0.2) is 14.2 Å². The van der Waals surface area contributed by atoms with Crippen molar-refractivity contribution < 1.29 is 18.0 Å². The third-order valence-electron chi connectivity index (χ3n) is 4.62. The van der Waals surface area contributed by atoms with Crippen LogP contribution in [0.25, 0.3) is 33.5 Å². The van der Waals surface area contributed by atoms with Gasteiger partial charge in [-0.2, -0.15) is 0 Å². The molecule has 2 heterocycles. The summed E-state index contributed by atoms with van der Waals surface area (Å²) in [5, 5.41) is 3.33. The summed E-state index contributed by atoms with van der Waals surface area (Å²) in [7, 11) is 0. The summed E-state index contributed by atoms with van der Waals surface area (Å²) in [6, 6.07) is 19.2. The molecule has 2 aromatic heterocycles. The van der Waals surface area contributed by atoms with Crippen LogP contribution in [0.2, 0.25) is 0 Å². The Hall–Kier alpha value is -4.26. The number of aromatic nitrogens is 1. The molecular formula is C23H13FN2O4. The molecule has 5 rings (SSSR count). The predicted molar refractivity (Wildman–Crippen MR) is 110 cm³/mol. The first kappa shape index (κ1) is 17.8. The van der Waals surface area contributed by atoms with Gasteiger partial charge in [-0.1, -0.05) is 18.2 Å². The van der Waals surface area contributed by atoms with Crippen molar-refractivity contribution in [2.24, 2.45) is 0 Å². The molecule has 0 unspecified atom stereocenters. The Kier molecular flexibility index (Phi) is 4.14. The molecule has 0 aliphatic heterocycles. The summed E-state index contributed by atoms with van der Waals surface area (Å²) in [6.45, 7) is 0. The number of para-hydroxylation sites is 1. The van der Waals surface area contributed by atoms with Gasteiger partial charge in [0.15, 0.2) is 5.58 Å². The Balaban J connectivity index is 1.45. The second-order valence-corrected chi connectivity index (χ2v) is 6.65. The lowest BCUT2D eigenvalue weighted by Crippen LogP contribution is -2.20. The van der Waals surface area contributed by atoms with Gasteiger partial charge in [-0.05, 0) is 54.6 Å². The first-order chi connectivity index (χ1) is 14.6. The van der Waals surface area contributed by atoms with Crippen molar-refractivity contribution in [1.82, 2.24) is 4.98 Å². The fraction of sp³-hybridized carbons (Fsp3) is 0. The Morgan fingerprint density at radius 3 is 2.53 bits per heavy atom. The van der Waals surface area contributed by atoms with Gasteiger partial charge < -0.3 is 14.2 Å². The Bertz CT molecular complexity index is 1470. The van der Waals surface area contributed by atoms with E-state index in [1.165, 1.54) is 18.2 Å². The summed E-state index contributed by atoms with van der Waals surface area (Å²) < 4.78 is 24.0. The molecule has 0 aliphatic carbocycles. The Morgan fingerprint density at radius 1 is 0.900 bits per heavy atom. The van der Waals surface area contributed by atoms with Crippen molar-refractivity contribution >= 4 is 33.7 Å². The van der Waals surface area contributed by atoms with Crippen LogP contribution in [0.5, 0.6) is 0 Å². The van der Waals surface area contributed by atoms with Crippen LogP contribution in [0.4, 0.5) is 10.1 Å². The standard InChI is InChI=1S/C23H13FN2O4/c24-15-7-5-13(6-8-15)22-26-18-12-16(9-10-20(18)29-22)25-21(27)17-11-14-3-1-2-4-19(14)30-23(17)28/h1-12H,(H,25,27). The van der Waals surface area contributed by atoms with E-state index in [1.54, 1.807) is 54.6 Å². The molecule has 5 aromatic rings. The van der Waals surface area contributed by atoms with Gasteiger partial charge in [0.2, 0.25) is 5.89 Å². The van der Waals surface area contributed by atoms with Gasteiger partial charge in [0.1, 0.15) is 22.5 Å². The maximum absolute atomic E-state index is 13.1. The monoisotopic (exact) mass is 400 g/mol. The van der Waals surface area contributed by atoms with E-state index in [4.69, 9.17) is 8.83 Å². The topological polar surface area (TPSA) is 85.3 Å². The summed E-state index contributed by atoms with van der Waals surface area (Å²) in [5.74, 6) is -0.599. The van der Waals surface area contributed by atoms with E-state index in [-0.39, 0.29) is 11.4 Å². The number of rotatable bonds is 3. The van der Waals surface area contributed by atoms with E-state index in [9.17, 15) is 14.0 Å².